The largest absolute Gasteiger partial charge is 0.494 e. The number of benzene rings is 1. The third-order valence-corrected chi connectivity index (χ3v) is 6.17. The molecule has 1 saturated heterocycles. The van der Waals surface area contributed by atoms with E-state index in [1.165, 1.54) is 82.6 Å². The lowest BCUT2D eigenvalue weighted by atomic mass is 9.97. The smallest absolute Gasteiger partial charge is 0.119 e. The number of hydrogen-bond donors (Lipinski definition) is 2. The molecule has 1 aliphatic heterocycles. The van der Waals surface area contributed by atoms with E-state index >= 15 is 0 Å². The first-order valence-corrected chi connectivity index (χ1v) is 12.5. The van der Waals surface area contributed by atoms with E-state index in [-0.39, 0.29) is 6.17 Å². The third kappa shape index (κ3) is 10.5. The van der Waals surface area contributed by atoms with Crippen LogP contribution in [0.2, 0.25) is 0 Å². The molecule has 2 N–H and O–H groups in total. The van der Waals surface area contributed by atoms with Crippen LogP contribution in [0.1, 0.15) is 109 Å². The van der Waals surface area contributed by atoms with Gasteiger partial charge in [-0.25, -0.2) is 0 Å². The van der Waals surface area contributed by atoms with Gasteiger partial charge in [0.1, 0.15) is 5.75 Å². The summed E-state index contributed by atoms with van der Waals surface area (Å²) >= 11 is 0. The highest BCUT2D eigenvalue weighted by Gasteiger charge is 2.20. The maximum atomic E-state index is 5.91. The predicted molar refractivity (Wildman–Crippen MR) is 126 cm³/mol. The van der Waals surface area contributed by atoms with Gasteiger partial charge in [-0.15, -0.1) is 0 Å². The van der Waals surface area contributed by atoms with Gasteiger partial charge in [-0.1, -0.05) is 96.6 Å². The SMILES string of the molecule is CCCCCCCCOc1ccc(C2NCC(CCCCCCCC)CN2)cc1. The van der Waals surface area contributed by atoms with Crippen LogP contribution in [0.25, 0.3) is 0 Å². The second-order valence-electron chi connectivity index (χ2n) is 8.86. The average Bonchev–Trinajstić information content (AvgIpc) is 2.76. The fourth-order valence-corrected chi connectivity index (χ4v) is 4.20. The van der Waals surface area contributed by atoms with E-state index in [0.717, 1.165) is 37.8 Å². The summed E-state index contributed by atoms with van der Waals surface area (Å²) in [7, 11) is 0. The Labute approximate surface area is 180 Å². The van der Waals surface area contributed by atoms with Crippen molar-refractivity contribution in [1.29, 1.82) is 0 Å². The van der Waals surface area contributed by atoms with Gasteiger partial charge in [-0.2, -0.15) is 0 Å². The van der Waals surface area contributed by atoms with Gasteiger partial charge in [0, 0.05) is 13.1 Å². The Morgan fingerprint density at radius 2 is 1.28 bits per heavy atom. The van der Waals surface area contributed by atoms with Crippen molar-refractivity contribution >= 4 is 0 Å². The first-order chi connectivity index (χ1) is 14.3. The fraction of sp³-hybridized carbons (Fsp3) is 0.769. The van der Waals surface area contributed by atoms with Crippen LogP contribution >= 0.6 is 0 Å². The van der Waals surface area contributed by atoms with Crippen molar-refractivity contribution in [1.82, 2.24) is 10.6 Å². The Kier molecular flexibility index (Phi) is 13.1. The van der Waals surface area contributed by atoms with Crippen LogP contribution in [0.4, 0.5) is 0 Å². The molecular formula is C26H46N2O. The van der Waals surface area contributed by atoms with Gasteiger partial charge < -0.3 is 4.74 Å². The second-order valence-corrected chi connectivity index (χ2v) is 8.86. The van der Waals surface area contributed by atoms with E-state index in [4.69, 9.17) is 4.74 Å². The first kappa shape index (κ1) is 24.2. The minimum absolute atomic E-state index is 0.281. The molecule has 0 radical (unpaired) electrons. The number of unbranched alkanes of at least 4 members (excludes halogenated alkanes) is 10. The van der Waals surface area contributed by atoms with Crippen LogP contribution in [-0.2, 0) is 0 Å². The van der Waals surface area contributed by atoms with E-state index in [1.807, 2.05) is 0 Å². The van der Waals surface area contributed by atoms with Crippen molar-refractivity contribution in [2.75, 3.05) is 19.7 Å². The van der Waals surface area contributed by atoms with Gasteiger partial charge in [-0.05, 0) is 36.5 Å². The number of nitrogens with one attached hydrogen (secondary N) is 2. The lowest BCUT2D eigenvalue weighted by Gasteiger charge is -2.31. The zero-order chi connectivity index (χ0) is 20.6. The molecule has 0 amide bonds. The summed E-state index contributed by atoms with van der Waals surface area (Å²) in [5.74, 6) is 1.77. The van der Waals surface area contributed by atoms with Crippen LogP contribution in [0.15, 0.2) is 24.3 Å². The molecule has 0 bridgehead atoms. The van der Waals surface area contributed by atoms with E-state index in [2.05, 4.69) is 48.7 Å². The molecule has 1 aliphatic rings. The van der Waals surface area contributed by atoms with Crippen molar-refractivity contribution < 1.29 is 4.74 Å². The summed E-state index contributed by atoms with van der Waals surface area (Å²) in [6, 6.07) is 8.65. The van der Waals surface area contributed by atoms with Crippen LogP contribution in [-0.4, -0.2) is 19.7 Å². The Hall–Kier alpha value is -1.06. The summed E-state index contributed by atoms with van der Waals surface area (Å²) in [4.78, 5) is 0. The van der Waals surface area contributed by atoms with Gasteiger partial charge in [0.25, 0.3) is 0 Å². The molecule has 3 nitrogen and oxygen atoms in total. The monoisotopic (exact) mass is 402 g/mol. The molecule has 0 unspecified atom stereocenters. The maximum absolute atomic E-state index is 5.91. The zero-order valence-electron chi connectivity index (χ0n) is 19.2. The van der Waals surface area contributed by atoms with E-state index in [9.17, 15) is 0 Å². The lowest BCUT2D eigenvalue weighted by molar-refractivity contribution is 0.281. The topological polar surface area (TPSA) is 33.3 Å². The molecule has 0 saturated carbocycles. The molecule has 0 atom stereocenters. The number of ether oxygens (including phenoxy) is 1. The molecule has 1 fully saturated rings. The van der Waals surface area contributed by atoms with Gasteiger partial charge in [0.2, 0.25) is 0 Å². The summed E-state index contributed by atoms with van der Waals surface area (Å²) in [5, 5.41) is 7.38. The van der Waals surface area contributed by atoms with Crippen LogP contribution in [0.5, 0.6) is 5.75 Å². The minimum Gasteiger partial charge on any atom is -0.494 e. The third-order valence-electron chi connectivity index (χ3n) is 6.17. The molecule has 1 aromatic carbocycles. The highest BCUT2D eigenvalue weighted by atomic mass is 16.5. The van der Waals surface area contributed by atoms with Crippen molar-refractivity contribution in [3.8, 4) is 5.75 Å². The van der Waals surface area contributed by atoms with Gasteiger partial charge in [0.05, 0.1) is 12.8 Å². The van der Waals surface area contributed by atoms with Crippen molar-refractivity contribution in [3.05, 3.63) is 29.8 Å². The molecule has 166 valence electrons. The molecule has 1 aromatic rings. The molecule has 0 aromatic heterocycles. The van der Waals surface area contributed by atoms with E-state index in [0.29, 0.717) is 0 Å². The molecule has 2 rings (SSSR count). The Morgan fingerprint density at radius 1 is 0.724 bits per heavy atom. The summed E-state index contributed by atoms with van der Waals surface area (Å²) in [6.45, 7) is 7.64. The molecule has 3 heteroatoms. The van der Waals surface area contributed by atoms with Crippen molar-refractivity contribution in [3.63, 3.8) is 0 Å². The highest BCUT2D eigenvalue weighted by Crippen LogP contribution is 2.21. The maximum Gasteiger partial charge on any atom is 0.119 e. The number of rotatable bonds is 16. The Morgan fingerprint density at radius 3 is 1.90 bits per heavy atom. The molecule has 1 heterocycles. The highest BCUT2D eigenvalue weighted by molar-refractivity contribution is 5.29. The first-order valence-electron chi connectivity index (χ1n) is 12.5. The quantitative estimate of drug-likeness (QED) is 0.292. The van der Waals surface area contributed by atoms with Gasteiger partial charge in [0.15, 0.2) is 0 Å². The van der Waals surface area contributed by atoms with E-state index in [1.54, 1.807) is 0 Å². The van der Waals surface area contributed by atoms with Crippen LogP contribution in [0.3, 0.4) is 0 Å². The lowest BCUT2D eigenvalue weighted by Crippen LogP contribution is -2.46. The minimum atomic E-state index is 0.281. The summed E-state index contributed by atoms with van der Waals surface area (Å²) < 4.78 is 5.91. The Balaban J connectivity index is 1.56. The molecular weight excluding hydrogens is 356 g/mol. The van der Waals surface area contributed by atoms with Gasteiger partial charge in [-0.3, -0.25) is 10.6 Å². The van der Waals surface area contributed by atoms with Crippen molar-refractivity contribution in [2.24, 2.45) is 5.92 Å². The standard InChI is InChI=1S/C26H46N2O/c1-3-5-7-9-11-13-15-23-21-27-26(28-22-23)24-16-18-25(19-17-24)29-20-14-12-10-8-6-4-2/h16-19,23,26-28H,3-15,20-22H2,1-2H3. The normalized spacial score (nSPS) is 19.4. The zero-order valence-corrected chi connectivity index (χ0v) is 19.2. The van der Waals surface area contributed by atoms with Crippen LogP contribution < -0.4 is 15.4 Å². The van der Waals surface area contributed by atoms with Gasteiger partial charge >= 0.3 is 0 Å². The molecule has 0 spiro atoms. The number of hydrogen-bond acceptors (Lipinski definition) is 3. The summed E-state index contributed by atoms with van der Waals surface area (Å²) in [6.07, 6.45) is 17.8. The second kappa shape index (κ2) is 15.7. The predicted octanol–water partition coefficient (Wildman–Crippen LogP) is 6.98. The Bertz CT molecular complexity index is 494. The molecule has 29 heavy (non-hydrogen) atoms. The summed E-state index contributed by atoms with van der Waals surface area (Å²) in [5.41, 5.74) is 1.31. The average molecular weight is 403 g/mol. The van der Waals surface area contributed by atoms with Crippen molar-refractivity contribution in [2.45, 2.75) is 103 Å². The van der Waals surface area contributed by atoms with Crippen LogP contribution in [0, 0.1) is 5.92 Å². The molecule has 0 aliphatic carbocycles. The van der Waals surface area contributed by atoms with E-state index < -0.39 is 0 Å². The fourth-order valence-electron chi connectivity index (χ4n) is 4.20.